The molecule has 1 fully saturated rings. The van der Waals surface area contributed by atoms with Crippen LogP contribution in [0.15, 0.2) is 15.7 Å². The minimum atomic E-state index is -1.36. The molecule has 8 heteroatoms. The van der Waals surface area contributed by atoms with E-state index < -0.39 is 42.4 Å². The molecule has 8 nitrogen and oxygen atoms in total. The Labute approximate surface area is 101 Å². The Morgan fingerprint density at radius 2 is 2.06 bits per heavy atom. The van der Waals surface area contributed by atoms with Gasteiger partial charge in [-0.3, -0.25) is 14.3 Å². The lowest BCUT2D eigenvalue weighted by molar-refractivity contribution is -0.0559. The summed E-state index contributed by atoms with van der Waals surface area (Å²) in [4.78, 5) is 24.8. The van der Waals surface area contributed by atoms with Gasteiger partial charge in [0.05, 0.1) is 6.61 Å². The van der Waals surface area contributed by atoms with E-state index >= 15 is 0 Å². The second kappa shape index (κ2) is 4.65. The van der Waals surface area contributed by atoms with Gasteiger partial charge in [-0.1, -0.05) is 0 Å². The van der Waals surface area contributed by atoms with Gasteiger partial charge in [0.2, 0.25) is 0 Å². The van der Waals surface area contributed by atoms with Crippen LogP contribution in [0.2, 0.25) is 0 Å². The van der Waals surface area contributed by atoms with Crippen LogP contribution >= 0.6 is 0 Å². The van der Waals surface area contributed by atoms with Gasteiger partial charge in [-0.2, -0.15) is 0 Å². The minimum Gasteiger partial charge on any atom is -0.394 e. The maximum atomic E-state index is 11.7. The quantitative estimate of drug-likeness (QED) is 0.463. The highest BCUT2D eigenvalue weighted by molar-refractivity contribution is 5.02. The summed E-state index contributed by atoms with van der Waals surface area (Å²) in [6.07, 6.45) is -4.76. The van der Waals surface area contributed by atoms with Crippen LogP contribution in [-0.4, -0.2) is 49.8 Å². The van der Waals surface area contributed by atoms with E-state index in [1.807, 2.05) is 4.98 Å². The van der Waals surface area contributed by atoms with Crippen molar-refractivity contribution < 1.29 is 20.1 Å². The fourth-order valence-corrected chi connectivity index (χ4v) is 2.03. The van der Waals surface area contributed by atoms with Gasteiger partial charge >= 0.3 is 5.69 Å². The first kappa shape index (κ1) is 13.0. The van der Waals surface area contributed by atoms with Gasteiger partial charge in [0.25, 0.3) is 5.56 Å². The minimum absolute atomic E-state index is 0.290. The summed E-state index contributed by atoms with van der Waals surface area (Å²) < 4.78 is 6.25. The van der Waals surface area contributed by atoms with Crippen LogP contribution in [-0.2, 0) is 4.74 Å². The smallest absolute Gasteiger partial charge is 0.330 e. The Kier molecular flexibility index (Phi) is 3.35. The molecule has 0 aliphatic carbocycles. The van der Waals surface area contributed by atoms with E-state index in [2.05, 4.69) is 0 Å². The molecular weight excluding hydrogens is 244 g/mol. The molecule has 0 spiro atoms. The van der Waals surface area contributed by atoms with E-state index in [1.165, 1.54) is 13.0 Å². The second-order valence-electron chi connectivity index (χ2n) is 4.18. The fourth-order valence-electron chi connectivity index (χ4n) is 2.03. The third-order valence-electron chi connectivity index (χ3n) is 2.94. The largest absolute Gasteiger partial charge is 0.394 e. The number of H-pyrrole nitrogens is 1. The molecule has 2 unspecified atom stereocenters. The highest BCUT2D eigenvalue weighted by Crippen LogP contribution is 2.28. The molecule has 0 aromatic carbocycles. The van der Waals surface area contributed by atoms with Gasteiger partial charge in [-0.15, -0.1) is 0 Å². The van der Waals surface area contributed by atoms with Crippen LogP contribution in [0.1, 0.15) is 11.9 Å². The van der Waals surface area contributed by atoms with Crippen LogP contribution in [0.4, 0.5) is 0 Å². The number of ether oxygens (including phenoxy) is 1. The predicted octanol–water partition coefficient (Wildman–Crippen LogP) is -2.54. The molecule has 2 rings (SSSR count). The van der Waals surface area contributed by atoms with E-state index in [4.69, 9.17) is 9.84 Å². The number of aromatic amines is 1. The van der Waals surface area contributed by atoms with Crippen molar-refractivity contribution in [2.45, 2.75) is 31.5 Å². The summed E-state index contributed by atoms with van der Waals surface area (Å²) in [5.41, 5.74) is -1.01. The predicted molar refractivity (Wildman–Crippen MR) is 59.1 cm³/mol. The van der Waals surface area contributed by atoms with Crippen molar-refractivity contribution in [2.24, 2.45) is 0 Å². The van der Waals surface area contributed by atoms with Crippen molar-refractivity contribution >= 4 is 0 Å². The van der Waals surface area contributed by atoms with Crippen molar-refractivity contribution in [3.63, 3.8) is 0 Å². The maximum absolute atomic E-state index is 11.7. The van der Waals surface area contributed by atoms with Gasteiger partial charge in [0, 0.05) is 11.8 Å². The van der Waals surface area contributed by atoms with Gasteiger partial charge in [0.1, 0.15) is 18.3 Å². The Morgan fingerprint density at radius 1 is 1.39 bits per heavy atom. The molecular formula is C10H14N2O6. The lowest BCUT2D eigenvalue weighted by atomic mass is 10.1. The number of aliphatic hydroxyl groups excluding tert-OH is 3. The number of aromatic nitrogens is 2. The number of rotatable bonds is 2. The molecule has 1 aromatic rings. The van der Waals surface area contributed by atoms with Crippen molar-refractivity contribution in [1.29, 1.82) is 0 Å². The summed E-state index contributed by atoms with van der Waals surface area (Å²) in [5, 5.41) is 28.4. The van der Waals surface area contributed by atoms with Gasteiger partial charge in [-0.25, -0.2) is 4.79 Å². The molecule has 1 saturated heterocycles. The molecule has 4 atom stereocenters. The van der Waals surface area contributed by atoms with Gasteiger partial charge < -0.3 is 20.1 Å². The summed E-state index contributed by atoms with van der Waals surface area (Å²) in [7, 11) is 0. The van der Waals surface area contributed by atoms with E-state index in [0.717, 1.165) is 4.57 Å². The van der Waals surface area contributed by atoms with Crippen LogP contribution < -0.4 is 11.2 Å². The number of hydrogen-bond acceptors (Lipinski definition) is 6. The molecule has 0 saturated carbocycles. The van der Waals surface area contributed by atoms with E-state index in [0.29, 0.717) is 5.69 Å². The summed E-state index contributed by atoms with van der Waals surface area (Å²) in [5.74, 6) is 0. The number of hydrogen-bond donors (Lipinski definition) is 4. The second-order valence-corrected chi connectivity index (χ2v) is 4.18. The molecule has 1 aliphatic heterocycles. The lowest BCUT2D eigenvalue weighted by Crippen LogP contribution is -2.39. The standard InChI is InChI=1S/C10H14N2O6/c1-4-2-6(14)11-10(17)12(4)9-8(16)7(15)5(3-13)18-9/h2,5,7-9,13,15-16H,3H2,1H3,(H,11,14,17)/t5-,7?,8+,9?/m1/s1. The summed E-state index contributed by atoms with van der Waals surface area (Å²) in [6, 6.07) is 1.18. The highest BCUT2D eigenvalue weighted by atomic mass is 16.6. The lowest BCUT2D eigenvalue weighted by Gasteiger charge is -2.19. The highest BCUT2D eigenvalue weighted by Gasteiger charge is 2.44. The molecule has 1 aromatic heterocycles. The van der Waals surface area contributed by atoms with Gasteiger partial charge in [0.15, 0.2) is 6.23 Å². The summed E-state index contributed by atoms with van der Waals surface area (Å²) in [6.45, 7) is 1.03. The van der Waals surface area contributed by atoms with Crippen molar-refractivity contribution in [1.82, 2.24) is 9.55 Å². The molecule has 0 bridgehead atoms. The van der Waals surface area contributed by atoms with Crippen LogP contribution in [0, 0.1) is 6.92 Å². The van der Waals surface area contributed by atoms with Crippen LogP contribution in [0.5, 0.6) is 0 Å². The normalized spacial score (nSPS) is 31.8. The monoisotopic (exact) mass is 258 g/mol. The summed E-state index contributed by atoms with van der Waals surface area (Å²) >= 11 is 0. The maximum Gasteiger partial charge on any atom is 0.330 e. The molecule has 1 aliphatic rings. The first-order valence-electron chi connectivity index (χ1n) is 5.40. The zero-order valence-corrected chi connectivity index (χ0v) is 9.61. The topological polar surface area (TPSA) is 125 Å². The fraction of sp³-hybridized carbons (Fsp3) is 0.600. The zero-order chi connectivity index (χ0) is 13.4. The number of nitrogens with one attached hydrogen (secondary N) is 1. The average Bonchev–Trinajstić information content (AvgIpc) is 2.56. The third-order valence-corrected chi connectivity index (χ3v) is 2.94. The Morgan fingerprint density at radius 3 is 2.56 bits per heavy atom. The van der Waals surface area contributed by atoms with Crippen LogP contribution in [0.25, 0.3) is 0 Å². The Hall–Kier alpha value is -1.48. The third kappa shape index (κ3) is 1.99. The zero-order valence-electron chi connectivity index (χ0n) is 9.61. The number of nitrogens with zero attached hydrogens (tertiary/aromatic N) is 1. The Balaban J connectivity index is 2.45. The SMILES string of the molecule is Cc1cc(=O)[nH]c(=O)n1C1O[C@H](CO)C(O)[C@@H]1O. The molecule has 0 amide bonds. The van der Waals surface area contributed by atoms with E-state index in [-0.39, 0.29) is 0 Å². The number of aliphatic hydroxyl groups is 3. The molecule has 100 valence electrons. The van der Waals surface area contributed by atoms with Crippen LogP contribution in [0.3, 0.4) is 0 Å². The first-order valence-corrected chi connectivity index (χ1v) is 5.40. The molecule has 18 heavy (non-hydrogen) atoms. The van der Waals surface area contributed by atoms with Crippen molar-refractivity contribution in [3.05, 3.63) is 32.6 Å². The molecule has 0 radical (unpaired) electrons. The van der Waals surface area contributed by atoms with Gasteiger partial charge in [-0.05, 0) is 6.92 Å². The van der Waals surface area contributed by atoms with E-state index in [9.17, 15) is 19.8 Å². The first-order chi connectivity index (χ1) is 8.45. The average molecular weight is 258 g/mol. The van der Waals surface area contributed by atoms with Crippen molar-refractivity contribution in [3.8, 4) is 0 Å². The Bertz CT molecular complexity index is 550. The molecule has 4 N–H and O–H groups in total. The van der Waals surface area contributed by atoms with E-state index in [1.54, 1.807) is 0 Å². The van der Waals surface area contributed by atoms with Crippen molar-refractivity contribution in [2.75, 3.05) is 6.61 Å². The molecule has 2 heterocycles. The number of aryl methyl sites for hydroxylation is 1.